The third-order valence-corrected chi connectivity index (χ3v) is 5.40. The summed E-state index contributed by atoms with van der Waals surface area (Å²) in [5.74, 6) is 2.04. The fraction of sp³-hybridized carbons (Fsp3) is 1.00. The minimum absolute atomic E-state index is 0.256. The zero-order valence-corrected chi connectivity index (χ0v) is 11.5. The molecule has 0 amide bonds. The Bertz CT molecular complexity index is 300. The van der Waals surface area contributed by atoms with Crippen LogP contribution in [0.2, 0.25) is 0 Å². The highest BCUT2D eigenvalue weighted by molar-refractivity contribution is 7.91. The normalized spacial score (nSPS) is 31.6. The van der Waals surface area contributed by atoms with Crippen LogP contribution >= 0.6 is 0 Å². The van der Waals surface area contributed by atoms with Gasteiger partial charge in [-0.15, -0.1) is 0 Å². The van der Waals surface area contributed by atoms with E-state index in [0.717, 1.165) is 5.92 Å². The fourth-order valence-corrected chi connectivity index (χ4v) is 3.23. The van der Waals surface area contributed by atoms with Gasteiger partial charge in [0.2, 0.25) is 0 Å². The van der Waals surface area contributed by atoms with E-state index in [4.69, 9.17) is 0 Å². The molecule has 1 N–H and O–H groups in total. The molecule has 3 nitrogen and oxygen atoms in total. The molecule has 16 heavy (non-hydrogen) atoms. The van der Waals surface area contributed by atoms with Crippen molar-refractivity contribution in [1.82, 2.24) is 5.32 Å². The summed E-state index contributed by atoms with van der Waals surface area (Å²) in [6, 6.07) is 0.517. The molecule has 1 saturated carbocycles. The Labute approximate surface area is 99.9 Å². The lowest BCUT2D eigenvalue weighted by atomic mass is 9.80. The molecule has 0 aliphatic heterocycles. The first-order valence-corrected chi connectivity index (χ1v) is 8.20. The summed E-state index contributed by atoms with van der Waals surface area (Å²) in [5, 5.41) is 3.40. The Morgan fingerprint density at radius 1 is 1.25 bits per heavy atom. The molecule has 1 aliphatic carbocycles. The van der Waals surface area contributed by atoms with Crippen LogP contribution in [0.5, 0.6) is 0 Å². The number of hydrogen-bond acceptors (Lipinski definition) is 3. The zero-order chi connectivity index (χ0) is 12.2. The van der Waals surface area contributed by atoms with Crippen LogP contribution in [0.15, 0.2) is 0 Å². The van der Waals surface area contributed by atoms with Gasteiger partial charge in [0.1, 0.15) is 0 Å². The molecule has 0 heterocycles. The molecule has 0 saturated heterocycles. The van der Waals surface area contributed by atoms with E-state index in [0.29, 0.717) is 18.5 Å². The molecule has 1 rings (SSSR count). The van der Waals surface area contributed by atoms with Crippen LogP contribution in [0.1, 0.15) is 40.0 Å². The molecule has 3 unspecified atom stereocenters. The maximum absolute atomic E-state index is 11.3. The Morgan fingerprint density at radius 3 is 2.50 bits per heavy atom. The van der Waals surface area contributed by atoms with E-state index in [1.54, 1.807) is 6.92 Å². The molecule has 4 heteroatoms. The molecule has 0 bridgehead atoms. The Hall–Kier alpha value is -0.0900. The molecule has 96 valence electrons. The Morgan fingerprint density at radius 2 is 1.94 bits per heavy atom. The van der Waals surface area contributed by atoms with Crippen LogP contribution in [0.3, 0.4) is 0 Å². The molecular weight excluding hydrogens is 222 g/mol. The number of rotatable bonds is 5. The van der Waals surface area contributed by atoms with Gasteiger partial charge in [-0.05, 0) is 31.1 Å². The van der Waals surface area contributed by atoms with E-state index in [2.05, 4.69) is 19.2 Å². The fourth-order valence-electron chi connectivity index (χ4n) is 2.51. The largest absolute Gasteiger partial charge is 0.313 e. The first kappa shape index (κ1) is 14.0. The topological polar surface area (TPSA) is 46.2 Å². The molecule has 1 aliphatic rings. The maximum Gasteiger partial charge on any atom is 0.151 e. The van der Waals surface area contributed by atoms with Gasteiger partial charge >= 0.3 is 0 Å². The van der Waals surface area contributed by atoms with E-state index < -0.39 is 9.84 Å². The third-order valence-electron chi connectivity index (χ3n) is 3.69. The molecule has 1 fully saturated rings. The summed E-state index contributed by atoms with van der Waals surface area (Å²) < 4.78 is 22.7. The van der Waals surface area contributed by atoms with E-state index in [1.807, 2.05) is 0 Å². The van der Waals surface area contributed by atoms with E-state index in [9.17, 15) is 8.42 Å². The summed E-state index contributed by atoms with van der Waals surface area (Å²) in [6.07, 6.45) is 3.72. The monoisotopic (exact) mass is 247 g/mol. The minimum Gasteiger partial charge on any atom is -0.313 e. The summed E-state index contributed by atoms with van der Waals surface area (Å²) >= 11 is 0. The van der Waals surface area contributed by atoms with Crippen molar-refractivity contribution in [3.05, 3.63) is 0 Å². The smallest absolute Gasteiger partial charge is 0.151 e. The zero-order valence-electron chi connectivity index (χ0n) is 10.7. The molecular formula is C12H25NO2S. The highest BCUT2D eigenvalue weighted by Crippen LogP contribution is 2.28. The van der Waals surface area contributed by atoms with Gasteiger partial charge in [0.25, 0.3) is 0 Å². The highest BCUT2D eigenvalue weighted by Gasteiger charge is 2.24. The molecule has 0 radical (unpaired) electrons. The van der Waals surface area contributed by atoms with Crippen molar-refractivity contribution in [2.45, 2.75) is 46.1 Å². The first-order valence-electron chi connectivity index (χ1n) is 6.38. The van der Waals surface area contributed by atoms with Crippen molar-refractivity contribution >= 4 is 9.84 Å². The van der Waals surface area contributed by atoms with Crippen LogP contribution in [0, 0.1) is 11.8 Å². The van der Waals surface area contributed by atoms with Gasteiger partial charge in [-0.1, -0.05) is 20.8 Å². The van der Waals surface area contributed by atoms with Crippen LogP contribution in [0.4, 0.5) is 0 Å². The van der Waals surface area contributed by atoms with Gasteiger partial charge < -0.3 is 5.32 Å². The number of hydrogen-bond donors (Lipinski definition) is 1. The van der Waals surface area contributed by atoms with E-state index in [-0.39, 0.29) is 11.5 Å². The summed E-state index contributed by atoms with van der Waals surface area (Å²) in [6.45, 7) is 6.88. The average molecular weight is 247 g/mol. The quantitative estimate of drug-likeness (QED) is 0.806. The average Bonchev–Trinajstić information content (AvgIpc) is 2.21. The lowest BCUT2D eigenvalue weighted by molar-refractivity contribution is 0.231. The number of sulfone groups is 1. The van der Waals surface area contributed by atoms with Gasteiger partial charge in [-0.25, -0.2) is 8.42 Å². The second-order valence-corrected chi connectivity index (χ2v) is 7.67. The molecule has 0 aromatic heterocycles. The minimum atomic E-state index is -2.81. The van der Waals surface area contributed by atoms with Gasteiger partial charge in [0.15, 0.2) is 9.84 Å². The van der Waals surface area contributed by atoms with Crippen molar-refractivity contribution in [3.63, 3.8) is 0 Å². The second kappa shape index (κ2) is 6.01. The van der Waals surface area contributed by atoms with Crippen molar-refractivity contribution in [3.8, 4) is 0 Å². The summed E-state index contributed by atoms with van der Waals surface area (Å²) in [7, 11) is -2.81. The van der Waals surface area contributed by atoms with Crippen molar-refractivity contribution < 1.29 is 8.42 Å². The lowest BCUT2D eigenvalue weighted by Crippen LogP contribution is -2.41. The molecule has 0 aromatic carbocycles. The van der Waals surface area contributed by atoms with Crippen LogP contribution in [-0.4, -0.2) is 32.5 Å². The van der Waals surface area contributed by atoms with Crippen molar-refractivity contribution in [2.24, 2.45) is 11.8 Å². The standard InChI is InChI=1S/C12H25NO2S/c1-4-16(14,15)8-7-13-12-6-5-10(2)9-11(12)3/h10-13H,4-9H2,1-3H3. The van der Waals surface area contributed by atoms with Crippen LogP contribution < -0.4 is 5.32 Å². The second-order valence-electron chi connectivity index (χ2n) is 5.19. The van der Waals surface area contributed by atoms with Crippen molar-refractivity contribution in [2.75, 3.05) is 18.1 Å². The van der Waals surface area contributed by atoms with E-state index >= 15 is 0 Å². The highest BCUT2D eigenvalue weighted by atomic mass is 32.2. The Kier molecular flexibility index (Phi) is 5.25. The van der Waals surface area contributed by atoms with Crippen LogP contribution in [0.25, 0.3) is 0 Å². The van der Waals surface area contributed by atoms with Gasteiger partial charge in [0, 0.05) is 18.3 Å². The van der Waals surface area contributed by atoms with Crippen LogP contribution in [-0.2, 0) is 9.84 Å². The SMILES string of the molecule is CCS(=O)(=O)CCNC1CCC(C)CC1C. The van der Waals surface area contributed by atoms with Gasteiger partial charge in [0.05, 0.1) is 5.75 Å². The molecule has 0 aromatic rings. The van der Waals surface area contributed by atoms with Gasteiger partial charge in [-0.2, -0.15) is 0 Å². The number of nitrogens with one attached hydrogen (secondary N) is 1. The summed E-state index contributed by atoms with van der Waals surface area (Å²) in [4.78, 5) is 0. The predicted molar refractivity (Wildman–Crippen MR) is 68.3 cm³/mol. The van der Waals surface area contributed by atoms with E-state index in [1.165, 1.54) is 19.3 Å². The molecule has 0 spiro atoms. The molecule has 3 atom stereocenters. The lowest BCUT2D eigenvalue weighted by Gasteiger charge is -2.33. The maximum atomic E-state index is 11.3. The Balaban J connectivity index is 2.28. The van der Waals surface area contributed by atoms with Crippen molar-refractivity contribution in [1.29, 1.82) is 0 Å². The predicted octanol–water partition coefficient (Wildman–Crippen LogP) is 1.84. The van der Waals surface area contributed by atoms with Gasteiger partial charge in [-0.3, -0.25) is 0 Å². The first-order chi connectivity index (χ1) is 7.44. The summed E-state index contributed by atoms with van der Waals surface area (Å²) in [5.41, 5.74) is 0. The third kappa shape index (κ3) is 4.42.